The minimum Gasteiger partial charge on any atom is -0.508 e. The molecular formula is C20H28O6. The summed E-state index contributed by atoms with van der Waals surface area (Å²) in [5.41, 5.74) is -4.41. The van der Waals surface area contributed by atoms with Gasteiger partial charge in [0.1, 0.15) is 23.0 Å². The van der Waals surface area contributed by atoms with Crippen LogP contribution < -0.4 is 0 Å². The van der Waals surface area contributed by atoms with Crippen molar-refractivity contribution >= 4 is 11.6 Å². The molecule has 2 aliphatic carbocycles. The Morgan fingerprint density at radius 1 is 1.27 bits per heavy atom. The highest BCUT2D eigenvalue weighted by atomic mass is 16.5. The first-order valence-corrected chi connectivity index (χ1v) is 9.09. The van der Waals surface area contributed by atoms with Gasteiger partial charge in [-0.05, 0) is 34.1 Å². The molecule has 1 saturated carbocycles. The molecule has 0 bridgehead atoms. The van der Waals surface area contributed by atoms with E-state index in [9.17, 15) is 24.9 Å². The Morgan fingerprint density at radius 2 is 1.85 bits per heavy atom. The van der Waals surface area contributed by atoms with Crippen LogP contribution in [0.25, 0.3) is 0 Å². The van der Waals surface area contributed by atoms with E-state index in [2.05, 4.69) is 0 Å². The number of Topliss-reactive ketones (excluding diaryl/α,β-unsaturated/α-hetero) is 2. The van der Waals surface area contributed by atoms with Crippen molar-refractivity contribution in [2.75, 3.05) is 0 Å². The molecule has 0 amide bonds. The van der Waals surface area contributed by atoms with Crippen molar-refractivity contribution in [3.05, 3.63) is 23.0 Å². The lowest BCUT2D eigenvalue weighted by molar-refractivity contribution is -0.168. The summed E-state index contributed by atoms with van der Waals surface area (Å²) >= 11 is 0. The third-order valence-corrected chi connectivity index (χ3v) is 6.24. The SMILES string of the molecule is CC(C)=CC1OC(C)(C)[C@@H]2C[C@@H]3C(=O)C(C(=O)C(C)C)=C(O)[C@]3(O)[C@]12O. The van der Waals surface area contributed by atoms with E-state index in [1.165, 1.54) is 0 Å². The highest BCUT2D eigenvalue weighted by Gasteiger charge is 2.79. The third kappa shape index (κ3) is 2.09. The summed E-state index contributed by atoms with van der Waals surface area (Å²) in [6.07, 6.45) is 0.943. The van der Waals surface area contributed by atoms with Crippen LogP contribution in [-0.4, -0.2) is 49.8 Å². The fraction of sp³-hybridized carbons (Fsp3) is 0.700. The Bertz CT molecular complexity index is 741. The Hall–Kier alpha value is -1.50. The topological polar surface area (TPSA) is 104 Å². The number of allylic oxidation sites excluding steroid dienone is 2. The van der Waals surface area contributed by atoms with Crippen LogP contribution in [0.3, 0.4) is 0 Å². The first kappa shape index (κ1) is 19.3. The zero-order chi connectivity index (χ0) is 19.8. The Morgan fingerprint density at radius 3 is 2.35 bits per heavy atom. The molecule has 5 atom stereocenters. The van der Waals surface area contributed by atoms with Gasteiger partial charge in [-0.2, -0.15) is 0 Å². The number of rotatable bonds is 3. The molecule has 1 unspecified atom stereocenters. The van der Waals surface area contributed by atoms with Crippen LogP contribution in [0.2, 0.25) is 0 Å². The van der Waals surface area contributed by atoms with Crippen molar-refractivity contribution in [2.24, 2.45) is 17.8 Å². The van der Waals surface area contributed by atoms with Crippen LogP contribution >= 0.6 is 0 Å². The van der Waals surface area contributed by atoms with Crippen molar-refractivity contribution in [1.29, 1.82) is 0 Å². The number of ether oxygens (including phenoxy) is 1. The van der Waals surface area contributed by atoms with Gasteiger partial charge in [0.05, 0.1) is 11.5 Å². The molecule has 1 saturated heterocycles. The average Bonchev–Trinajstić information content (AvgIpc) is 2.94. The van der Waals surface area contributed by atoms with Crippen LogP contribution in [-0.2, 0) is 14.3 Å². The fourth-order valence-electron chi connectivity index (χ4n) is 4.98. The quantitative estimate of drug-likeness (QED) is 0.521. The van der Waals surface area contributed by atoms with E-state index in [4.69, 9.17) is 4.74 Å². The summed E-state index contributed by atoms with van der Waals surface area (Å²) in [5.74, 6) is -3.93. The van der Waals surface area contributed by atoms with E-state index in [0.29, 0.717) is 0 Å². The third-order valence-electron chi connectivity index (χ3n) is 6.24. The van der Waals surface area contributed by atoms with Gasteiger partial charge in [0.25, 0.3) is 0 Å². The van der Waals surface area contributed by atoms with Crippen molar-refractivity contribution in [2.45, 2.75) is 70.9 Å². The van der Waals surface area contributed by atoms with Crippen LogP contribution in [0.5, 0.6) is 0 Å². The lowest BCUT2D eigenvalue weighted by Gasteiger charge is -2.39. The summed E-state index contributed by atoms with van der Waals surface area (Å²) in [5, 5.41) is 33.9. The number of hydrogen-bond donors (Lipinski definition) is 3. The molecule has 6 nitrogen and oxygen atoms in total. The van der Waals surface area contributed by atoms with Gasteiger partial charge in [-0.3, -0.25) is 9.59 Å². The summed E-state index contributed by atoms with van der Waals surface area (Å²) in [6.45, 7) is 10.5. The molecule has 3 aliphatic rings. The number of ketones is 2. The first-order valence-electron chi connectivity index (χ1n) is 9.09. The fourth-order valence-corrected chi connectivity index (χ4v) is 4.98. The molecule has 0 radical (unpaired) electrons. The maximum atomic E-state index is 12.9. The zero-order valence-corrected chi connectivity index (χ0v) is 16.2. The van der Waals surface area contributed by atoms with Gasteiger partial charge in [0.2, 0.25) is 0 Å². The summed E-state index contributed by atoms with van der Waals surface area (Å²) in [6, 6.07) is 0. The molecule has 3 N–H and O–H groups in total. The largest absolute Gasteiger partial charge is 0.508 e. The van der Waals surface area contributed by atoms with Gasteiger partial charge in [-0.25, -0.2) is 0 Å². The Labute approximate surface area is 153 Å². The average molecular weight is 364 g/mol. The number of carbonyl (C=O) groups excluding carboxylic acids is 2. The number of aliphatic hydroxyl groups is 3. The monoisotopic (exact) mass is 364 g/mol. The van der Waals surface area contributed by atoms with Crippen LogP contribution in [0, 0.1) is 17.8 Å². The lowest BCUT2D eigenvalue weighted by atomic mass is 9.72. The van der Waals surface area contributed by atoms with Crippen molar-refractivity contribution < 1.29 is 29.6 Å². The van der Waals surface area contributed by atoms with Gasteiger partial charge in [0.15, 0.2) is 17.2 Å². The standard InChI is InChI=1S/C20H28O6/c1-9(2)7-13-20(25)12(18(5,6)26-13)8-11-16(22)14(15(21)10(3)4)17(23)19(11,20)24/h7,10-13,23-25H,8H2,1-6H3/t11-,12+,13?,19+,20-/m1/s1. The molecule has 26 heavy (non-hydrogen) atoms. The summed E-state index contributed by atoms with van der Waals surface area (Å²) in [7, 11) is 0. The van der Waals surface area contributed by atoms with E-state index in [0.717, 1.165) is 5.57 Å². The maximum absolute atomic E-state index is 12.9. The van der Waals surface area contributed by atoms with Crippen molar-refractivity contribution in [3.8, 4) is 0 Å². The maximum Gasteiger partial charge on any atom is 0.176 e. The van der Waals surface area contributed by atoms with E-state index in [-0.39, 0.29) is 12.0 Å². The molecule has 0 aromatic rings. The second-order valence-corrected chi connectivity index (χ2v) is 8.93. The zero-order valence-electron chi connectivity index (χ0n) is 16.2. The normalized spacial score (nSPS) is 40.8. The predicted octanol–water partition coefficient (Wildman–Crippen LogP) is 1.85. The van der Waals surface area contributed by atoms with Crippen molar-refractivity contribution in [3.63, 3.8) is 0 Å². The van der Waals surface area contributed by atoms with Gasteiger partial charge < -0.3 is 20.1 Å². The molecule has 2 fully saturated rings. The Kier molecular flexibility index (Phi) is 4.08. The van der Waals surface area contributed by atoms with Gasteiger partial charge in [-0.15, -0.1) is 0 Å². The smallest absolute Gasteiger partial charge is 0.176 e. The van der Waals surface area contributed by atoms with Crippen molar-refractivity contribution in [1.82, 2.24) is 0 Å². The van der Waals surface area contributed by atoms with E-state index < -0.39 is 58.0 Å². The first-order chi connectivity index (χ1) is 11.8. The molecule has 6 heteroatoms. The number of carbonyl (C=O) groups is 2. The predicted molar refractivity (Wildman–Crippen MR) is 94.4 cm³/mol. The van der Waals surface area contributed by atoms with Gasteiger partial charge >= 0.3 is 0 Å². The second kappa shape index (κ2) is 5.50. The molecule has 1 heterocycles. The molecule has 0 aromatic heterocycles. The molecule has 0 spiro atoms. The van der Waals surface area contributed by atoms with Crippen LogP contribution in [0.15, 0.2) is 23.0 Å². The minimum atomic E-state index is -2.22. The van der Waals surface area contributed by atoms with Gasteiger partial charge in [0, 0.05) is 11.8 Å². The lowest BCUT2D eigenvalue weighted by Crippen LogP contribution is -2.60. The molecular weight excluding hydrogens is 336 g/mol. The van der Waals surface area contributed by atoms with Crippen LogP contribution in [0.4, 0.5) is 0 Å². The molecule has 1 aliphatic heterocycles. The molecule has 144 valence electrons. The van der Waals surface area contributed by atoms with E-state index in [1.54, 1.807) is 33.8 Å². The molecule has 3 rings (SSSR count). The van der Waals surface area contributed by atoms with Gasteiger partial charge in [-0.1, -0.05) is 25.5 Å². The minimum absolute atomic E-state index is 0.144. The van der Waals surface area contributed by atoms with E-state index >= 15 is 0 Å². The molecule has 0 aromatic carbocycles. The summed E-state index contributed by atoms with van der Waals surface area (Å²) in [4.78, 5) is 25.3. The Balaban J connectivity index is 2.22. The van der Waals surface area contributed by atoms with Crippen LogP contribution in [0.1, 0.15) is 48.0 Å². The second-order valence-electron chi connectivity index (χ2n) is 8.93. The highest BCUT2D eigenvalue weighted by molar-refractivity contribution is 6.24. The number of aliphatic hydroxyl groups excluding tert-OH is 1. The highest BCUT2D eigenvalue weighted by Crippen LogP contribution is 2.64. The number of fused-ring (bicyclic) bond motifs is 3. The van der Waals surface area contributed by atoms with E-state index in [1.807, 2.05) is 13.8 Å². The number of hydrogen-bond acceptors (Lipinski definition) is 6. The summed E-state index contributed by atoms with van der Waals surface area (Å²) < 4.78 is 6.01.